The molecule has 1 aliphatic rings. The number of pyridine rings is 1. The van der Waals surface area contributed by atoms with E-state index in [0.29, 0.717) is 0 Å². The standard InChI is InChI=1S/C12H11F3N2O4/c13-12(14,15)7-5-17(4-6(7)10(18)19)9-3-1-2-8(16-9)11(20)21/h1-3,6-7H,4-5H2,(H,18,19)(H,20,21)/t6-,7-/m1/s1. The molecule has 2 heterocycles. The number of carbonyl (C=O) groups is 2. The maximum atomic E-state index is 12.9. The van der Waals surface area contributed by atoms with Gasteiger partial charge < -0.3 is 15.1 Å². The predicted molar refractivity (Wildman–Crippen MR) is 64.1 cm³/mol. The molecule has 0 amide bonds. The van der Waals surface area contributed by atoms with E-state index in [-0.39, 0.29) is 18.1 Å². The lowest BCUT2D eigenvalue weighted by Gasteiger charge is -2.19. The van der Waals surface area contributed by atoms with Gasteiger partial charge in [-0.05, 0) is 12.1 Å². The largest absolute Gasteiger partial charge is 0.481 e. The number of alkyl halides is 3. The zero-order valence-electron chi connectivity index (χ0n) is 10.5. The number of aromatic carboxylic acids is 1. The highest BCUT2D eigenvalue weighted by Gasteiger charge is 2.52. The summed E-state index contributed by atoms with van der Waals surface area (Å²) in [6.07, 6.45) is -4.64. The van der Waals surface area contributed by atoms with Crippen molar-refractivity contribution in [3.05, 3.63) is 23.9 Å². The van der Waals surface area contributed by atoms with E-state index in [4.69, 9.17) is 10.2 Å². The Labute approximate surface area is 116 Å². The number of halogens is 3. The van der Waals surface area contributed by atoms with Gasteiger partial charge in [0.05, 0.1) is 11.8 Å². The van der Waals surface area contributed by atoms with Crippen LogP contribution < -0.4 is 4.90 Å². The van der Waals surface area contributed by atoms with Gasteiger partial charge in [0.1, 0.15) is 5.82 Å². The Morgan fingerprint density at radius 3 is 2.38 bits per heavy atom. The van der Waals surface area contributed by atoms with Crippen LogP contribution in [0.3, 0.4) is 0 Å². The third-order valence-electron chi connectivity index (χ3n) is 3.34. The fraction of sp³-hybridized carbons (Fsp3) is 0.417. The fourth-order valence-corrected chi connectivity index (χ4v) is 2.29. The minimum atomic E-state index is -4.64. The molecule has 2 atom stereocenters. The van der Waals surface area contributed by atoms with Gasteiger partial charge >= 0.3 is 18.1 Å². The van der Waals surface area contributed by atoms with Crippen LogP contribution >= 0.6 is 0 Å². The maximum absolute atomic E-state index is 12.9. The number of aromatic nitrogens is 1. The first kappa shape index (κ1) is 15.1. The smallest absolute Gasteiger partial charge is 0.394 e. The van der Waals surface area contributed by atoms with Gasteiger partial charge in [-0.25, -0.2) is 9.78 Å². The number of carboxylic acid groups (broad SMARTS) is 2. The van der Waals surface area contributed by atoms with E-state index < -0.39 is 36.5 Å². The van der Waals surface area contributed by atoms with Crippen molar-refractivity contribution >= 4 is 17.8 Å². The molecular formula is C12H11F3N2O4. The first-order valence-corrected chi connectivity index (χ1v) is 5.95. The summed E-state index contributed by atoms with van der Waals surface area (Å²) >= 11 is 0. The van der Waals surface area contributed by atoms with Crippen molar-refractivity contribution in [2.75, 3.05) is 18.0 Å². The summed E-state index contributed by atoms with van der Waals surface area (Å²) in [5.41, 5.74) is -0.310. The second kappa shape index (κ2) is 5.23. The van der Waals surface area contributed by atoms with Crippen molar-refractivity contribution in [3.8, 4) is 0 Å². The second-order valence-electron chi connectivity index (χ2n) is 4.68. The molecule has 2 rings (SSSR count). The summed E-state index contributed by atoms with van der Waals surface area (Å²) in [7, 11) is 0. The molecule has 9 heteroatoms. The van der Waals surface area contributed by atoms with Crippen LogP contribution in [-0.4, -0.2) is 46.4 Å². The summed E-state index contributed by atoms with van der Waals surface area (Å²) < 4.78 is 38.6. The van der Waals surface area contributed by atoms with E-state index in [2.05, 4.69) is 4.98 Å². The molecule has 0 unspecified atom stereocenters. The highest BCUT2D eigenvalue weighted by atomic mass is 19.4. The molecule has 1 aliphatic heterocycles. The second-order valence-corrected chi connectivity index (χ2v) is 4.68. The molecule has 0 aliphatic carbocycles. The summed E-state index contributed by atoms with van der Waals surface area (Å²) in [4.78, 5) is 26.7. The molecule has 21 heavy (non-hydrogen) atoms. The van der Waals surface area contributed by atoms with Gasteiger partial charge in [0.15, 0.2) is 5.69 Å². The Balaban J connectivity index is 2.29. The van der Waals surface area contributed by atoms with Gasteiger partial charge in [-0.15, -0.1) is 0 Å². The van der Waals surface area contributed by atoms with E-state index in [0.717, 1.165) is 4.90 Å². The number of nitrogens with zero attached hydrogens (tertiary/aromatic N) is 2. The molecule has 2 N–H and O–H groups in total. The SMILES string of the molecule is O=C(O)c1cccc(N2C[C@@H](C(F)(F)F)[C@H](C(=O)O)C2)n1. The summed E-state index contributed by atoms with van der Waals surface area (Å²) in [6, 6.07) is 3.91. The van der Waals surface area contributed by atoms with Crippen LogP contribution in [0.25, 0.3) is 0 Å². The Hall–Kier alpha value is -2.32. The molecule has 0 aromatic carbocycles. The van der Waals surface area contributed by atoms with E-state index >= 15 is 0 Å². The molecular weight excluding hydrogens is 293 g/mol. The Kier molecular flexibility index (Phi) is 3.75. The normalized spacial score (nSPS) is 22.3. The van der Waals surface area contributed by atoms with Crippen LogP contribution in [0, 0.1) is 11.8 Å². The number of hydrogen-bond donors (Lipinski definition) is 2. The van der Waals surface area contributed by atoms with Crippen molar-refractivity contribution in [3.63, 3.8) is 0 Å². The zero-order chi connectivity index (χ0) is 15.8. The molecule has 1 saturated heterocycles. The predicted octanol–water partition coefficient (Wildman–Crippen LogP) is 1.48. The Morgan fingerprint density at radius 2 is 1.90 bits per heavy atom. The van der Waals surface area contributed by atoms with Crippen LogP contribution in [0.5, 0.6) is 0 Å². The summed E-state index contributed by atoms with van der Waals surface area (Å²) in [5, 5.41) is 17.7. The average molecular weight is 304 g/mol. The monoisotopic (exact) mass is 304 g/mol. The first-order chi connectivity index (χ1) is 9.70. The minimum absolute atomic E-state index is 0.0212. The Bertz CT molecular complexity index is 576. The van der Waals surface area contributed by atoms with Crippen LogP contribution in [-0.2, 0) is 4.79 Å². The maximum Gasteiger partial charge on any atom is 0.394 e. The molecule has 0 bridgehead atoms. The number of hydrogen-bond acceptors (Lipinski definition) is 4. The van der Waals surface area contributed by atoms with E-state index in [9.17, 15) is 22.8 Å². The molecule has 0 saturated carbocycles. The quantitative estimate of drug-likeness (QED) is 0.879. The first-order valence-electron chi connectivity index (χ1n) is 5.95. The van der Waals surface area contributed by atoms with Crippen LogP contribution in [0.2, 0.25) is 0 Å². The van der Waals surface area contributed by atoms with E-state index in [1.165, 1.54) is 18.2 Å². The van der Waals surface area contributed by atoms with Crippen LogP contribution in [0.4, 0.5) is 19.0 Å². The van der Waals surface area contributed by atoms with Crippen molar-refractivity contribution in [1.82, 2.24) is 4.98 Å². The van der Waals surface area contributed by atoms with E-state index in [1.54, 1.807) is 0 Å². The number of anilines is 1. The number of rotatable bonds is 3. The summed E-state index contributed by atoms with van der Waals surface area (Å²) in [5.74, 6) is -6.43. The highest BCUT2D eigenvalue weighted by molar-refractivity contribution is 5.85. The molecule has 114 valence electrons. The average Bonchev–Trinajstić information content (AvgIpc) is 2.84. The zero-order valence-corrected chi connectivity index (χ0v) is 10.5. The van der Waals surface area contributed by atoms with Gasteiger partial charge in [0.2, 0.25) is 0 Å². The van der Waals surface area contributed by atoms with Gasteiger partial charge in [-0.3, -0.25) is 4.79 Å². The van der Waals surface area contributed by atoms with Crippen LogP contribution in [0.15, 0.2) is 18.2 Å². The highest BCUT2D eigenvalue weighted by Crippen LogP contribution is 2.38. The number of aliphatic carboxylic acids is 1. The van der Waals surface area contributed by atoms with Gasteiger partial charge in [-0.2, -0.15) is 13.2 Å². The van der Waals surface area contributed by atoms with Gasteiger partial charge in [0, 0.05) is 13.1 Å². The molecule has 6 nitrogen and oxygen atoms in total. The third-order valence-corrected chi connectivity index (χ3v) is 3.34. The molecule has 1 fully saturated rings. The number of carboxylic acids is 2. The third kappa shape index (κ3) is 3.06. The van der Waals surface area contributed by atoms with Crippen LogP contribution in [0.1, 0.15) is 10.5 Å². The Morgan fingerprint density at radius 1 is 1.24 bits per heavy atom. The fourth-order valence-electron chi connectivity index (χ4n) is 2.29. The van der Waals surface area contributed by atoms with Crippen molar-refractivity contribution in [2.45, 2.75) is 6.18 Å². The van der Waals surface area contributed by atoms with Crippen molar-refractivity contribution in [1.29, 1.82) is 0 Å². The lowest BCUT2D eigenvalue weighted by atomic mass is 9.96. The lowest BCUT2D eigenvalue weighted by Crippen LogP contribution is -2.33. The van der Waals surface area contributed by atoms with Gasteiger partial charge in [0.25, 0.3) is 0 Å². The van der Waals surface area contributed by atoms with Crippen molar-refractivity contribution < 1.29 is 33.0 Å². The minimum Gasteiger partial charge on any atom is -0.481 e. The molecule has 1 aromatic heterocycles. The molecule has 0 radical (unpaired) electrons. The topological polar surface area (TPSA) is 90.7 Å². The van der Waals surface area contributed by atoms with Crippen molar-refractivity contribution in [2.24, 2.45) is 11.8 Å². The molecule has 0 spiro atoms. The van der Waals surface area contributed by atoms with E-state index in [1.807, 2.05) is 0 Å². The molecule has 1 aromatic rings. The lowest BCUT2D eigenvalue weighted by molar-refractivity contribution is -0.187. The summed E-state index contributed by atoms with van der Waals surface area (Å²) in [6.45, 7) is -0.924. The van der Waals surface area contributed by atoms with Gasteiger partial charge in [-0.1, -0.05) is 6.07 Å².